The van der Waals surface area contributed by atoms with Crippen molar-refractivity contribution in [3.05, 3.63) is 26.8 Å². The third-order valence-corrected chi connectivity index (χ3v) is 4.85. The Morgan fingerprint density at radius 1 is 1.11 bits per heavy atom. The Labute approximate surface area is 175 Å². The zero-order chi connectivity index (χ0) is 20.4. The number of carbonyl (C=O) groups is 2. The fourth-order valence-corrected chi connectivity index (χ4v) is 2.93. The molecule has 0 saturated heterocycles. The third kappa shape index (κ3) is 9.30. The van der Waals surface area contributed by atoms with Gasteiger partial charge in [0.05, 0.1) is 19.3 Å². The maximum atomic E-state index is 11.8. The minimum atomic E-state index is -0.469. The first-order valence-electron chi connectivity index (χ1n) is 9.12. The van der Waals surface area contributed by atoms with Crippen LogP contribution in [-0.4, -0.2) is 37.9 Å². The standard InChI is InChI=1S/C20H30INO5/c1-14-16(18(23)25-5)12-15(13-17(14)21)26-11-9-7-6-8-10-22-19(24)27-20(2,3)4/h12-13H,6-11H2,1-5H3,(H,22,24). The lowest BCUT2D eigenvalue weighted by Crippen LogP contribution is -2.32. The fourth-order valence-electron chi connectivity index (χ4n) is 2.33. The highest BCUT2D eigenvalue weighted by Crippen LogP contribution is 2.24. The van der Waals surface area contributed by atoms with Gasteiger partial charge in [-0.3, -0.25) is 0 Å². The summed E-state index contributed by atoms with van der Waals surface area (Å²) < 4.78 is 16.7. The molecule has 0 fully saturated rings. The molecule has 0 unspecified atom stereocenters. The molecular weight excluding hydrogens is 461 g/mol. The van der Waals surface area contributed by atoms with Crippen molar-refractivity contribution < 1.29 is 23.8 Å². The lowest BCUT2D eigenvalue weighted by molar-refractivity contribution is 0.0525. The highest BCUT2D eigenvalue weighted by Gasteiger charge is 2.15. The summed E-state index contributed by atoms with van der Waals surface area (Å²) in [4.78, 5) is 23.3. The first-order chi connectivity index (χ1) is 12.6. The number of benzene rings is 1. The number of amides is 1. The molecule has 0 saturated carbocycles. The number of hydrogen-bond acceptors (Lipinski definition) is 5. The molecule has 0 atom stereocenters. The lowest BCUT2D eigenvalue weighted by Gasteiger charge is -2.19. The van der Waals surface area contributed by atoms with Gasteiger partial charge < -0.3 is 19.5 Å². The molecule has 0 aliphatic heterocycles. The summed E-state index contributed by atoms with van der Waals surface area (Å²) in [5.74, 6) is 0.324. The summed E-state index contributed by atoms with van der Waals surface area (Å²) in [5.41, 5.74) is 0.961. The highest BCUT2D eigenvalue weighted by molar-refractivity contribution is 14.1. The van der Waals surface area contributed by atoms with E-state index in [1.54, 1.807) is 6.07 Å². The molecule has 0 heterocycles. The van der Waals surface area contributed by atoms with Crippen molar-refractivity contribution in [2.24, 2.45) is 0 Å². The zero-order valence-electron chi connectivity index (χ0n) is 16.8. The van der Waals surface area contributed by atoms with Crippen molar-refractivity contribution in [1.29, 1.82) is 0 Å². The molecule has 7 heteroatoms. The van der Waals surface area contributed by atoms with Crippen LogP contribution in [-0.2, 0) is 9.47 Å². The number of methoxy groups -OCH3 is 1. The Morgan fingerprint density at radius 2 is 1.78 bits per heavy atom. The summed E-state index contributed by atoms with van der Waals surface area (Å²) in [6, 6.07) is 3.65. The Kier molecular flexibility index (Phi) is 9.90. The van der Waals surface area contributed by atoms with Crippen LogP contribution in [0, 0.1) is 10.5 Å². The van der Waals surface area contributed by atoms with Crippen molar-refractivity contribution in [2.75, 3.05) is 20.3 Å². The molecule has 0 spiro atoms. The maximum Gasteiger partial charge on any atom is 0.407 e. The quantitative estimate of drug-likeness (QED) is 0.304. The molecule has 0 aliphatic rings. The molecule has 1 amide bonds. The fraction of sp³-hybridized carbons (Fsp3) is 0.600. The molecule has 0 aliphatic carbocycles. The van der Waals surface area contributed by atoms with Crippen molar-refractivity contribution >= 4 is 34.7 Å². The topological polar surface area (TPSA) is 73.9 Å². The largest absolute Gasteiger partial charge is 0.494 e. The van der Waals surface area contributed by atoms with Gasteiger partial charge in [-0.15, -0.1) is 0 Å². The van der Waals surface area contributed by atoms with Crippen LogP contribution in [0.5, 0.6) is 5.75 Å². The van der Waals surface area contributed by atoms with E-state index in [2.05, 4.69) is 27.9 Å². The van der Waals surface area contributed by atoms with Gasteiger partial charge in [-0.25, -0.2) is 9.59 Å². The Morgan fingerprint density at radius 3 is 2.41 bits per heavy atom. The molecule has 1 rings (SSSR count). The number of ether oxygens (including phenoxy) is 3. The maximum absolute atomic E-state index is 11.8. The summed E-state index contributed by atoms with van der Waals surface area (Å²) in [6.07, 6.45) is 3.43. The van der Waals surface area contributed by atoms with Gasteiger partial charge in [0.2, 0.25) is 0 Å². The van der Waals surface area contributed by atoms with E-state index >= 15 is 0 Å². The molecule has 1 aromatic rings. The van der Waals surface area contributed by atoms with Crippen molar-refractivity contribution in [3.63, 3.8) is 0 Å². The van der Waals surface area contributed by atoms with E-state index in [0.717, 1.165) is 34.8 Å². The predicted molar refractivity (Wildman–Crippen MR) is 113 cm³/mol. The number of halogens is 1. The van der Waals surface area contributed by atoms with Gasteiger partial charge in [0, 0.05) is 10.1 Å². The molecule has 0 bridgehead atoms. The van der Waals surface area contributed by atoms with Gasteiger partial charge in [-0.1, -0.05) is 12.8 Å². The normalized spacial score (nSPS) is 11.0. The van der Waals surface area contributed by atoms with Crippen LogP contribution in [0.1, 0.15) is 62.4 Å². The smallest absolute Gasteiger partial charge is 0.407 e. The number of rotatable bonds is 9. The van der Waals surface area contributed by atoms with Crippen LogP contribution in [0.3, 0.4) is 0 Å². The number of nitrogens with one attached hydrogen (secondary N) is 1. The van der Waals surface area contributed by atoms with Gasteiger partial charge in [-0.2, -0.15) is 0 Å². The van der Waals surface area contributed by atoms with Crippen molar-refractivity contribution in [1.82, 2.24) is 5.32 Å². The summed E-state index contributed by atoms with van der Waals surface area (Å²) in [7, 11) is 1.37. The van der Waals surface area contributed by atoms with Gasteiger partial charge in [0.1, 0.15) is 11.4 Å². The molecule has 27 heavy (non-hydrogen) atoms. The zero-order valence-corrected chi connectivity index (χ0v) is 19.0. The summed E-state index contributed by atoms with van der Waals surface area (Å²) in [5, 5.41) is 2.75. The van der Waals surface area contributed by atoms with Crippen molar-refractivity contribution in [2.45, 2.75) is 59.0 Å². The number of hydrogen-bond donors (Lipinski definition) is 1. The summed E-state index contributed by atoms with van der Waals surface area (Å²) >= 11 is 2.19. The average Bonchev–Trinajstić information content (AvgIpc) is 2.57. The molecular formula is C20H30INO5. The minimum Gasteiger partial charge on any atom is -0.494 e. The van der Waals surface area contributed by atoms with Crippen LogP contribution in [0.25, 0.3) is 0 Å². The number of esters is 1. The molecule has 6 nitrogen and oxygen atoms in total. The highest BCUT2D eigenvalue weighted by atomic mass is 127. The number of unbranched alkanes of at least 4 members (excludes halogenated alkanes) is 3. The van der Waals surface area contributed by atoms with Gasteiger partial charge in [0.25, 0.3) is 0 Å². The van der Waals surface area contributed by atoms with Crippen LogP contribution in [0.2, 0.25) is 0 Å². The molecule has 1 N–H and O–H groups in total. The second-order valence-electron chi connectivity index (χ2n) is 7.26. The Hall–Kier alpha value is -1.51. The second kappa shape index (κ2) is 11.4. The van der Waals surface area contributed by atoms with E-state index < -0.39 is 5.60 Å². The first-order valence-corrected chi connectivity index (χ1v) is 10.2. The van der Waals surface area contributed by atoms with Crippen LogP contribution in [0.15, 0.2) is 12.1 Å². The number of alkyl carbamates (subject to hydrolysis) is 1. The Bertz CT molecular complexity index is 640. The van der Waals surface area contributed by atoms with E-state index in [4.69, 9.17) is 14.2 Å². The van der Waals surface area contributed by atoms with E-state index in [9.17, 15) is 9.59 Å². The second-order valence-corrected chi connectivity index (χ2v) is 8.42. The lowest BCUT2D eigenvalue weighted by atomic mass is 10.1. The minimum absolute atomic E-state index is 0.353. The van der Waals surface area contributed by atoms with Gasteiger partial charge in [0.15, 0.2) is 0 Å². The molecule has 152 valence electrons. The van der Waals surface area contributed by atoms with Crippen molar-refractivity contribution in [3.8, 4) is 5.75 Å². The SMILES string of the molecule is COC(=O)c1cc(OCCCCCCNC(=O)OC(C)(C)C)cc(I)c1C. The molecule has 0 radical (unpaired) electrons. The first kappa shape index (κ1) is 23.5. The van der Waals surface area contributed by atoms with Crippen LogP contribution < -0.4 is 10.1 Å². The molecule has 1 aromatic carbocycles. The third-order valence-electron chi connectivity index (χ3n) is 3.73. The van der Waals surface area contributed by atoms with Gasteiger partial charge in [-0.05, 0) is 80.8 Å². The van der Waals surface area contributed by atoms with E-state index in [1.807, 2.05) is 33.8 Å². The predicted octanol–water partition coefficient (Wildman–Crippen LogP) is 4.85. The van der Waals surface area contributed by atoms with Gasteiger partial charge >= 0.3 is 12.1 Å². The average molecular weight is 491 g/mol. The van der Waals surface area contributed by atoms with Crippen LogP contribution >= 0.6 is 22.6 Å². The van der Waals surface area contributed by atoms with Crippen LogP contribution in [0.4, 0.5) is 4.79 Å². The van der Waals surface area contributed by atoms with E-state index in [0.29, 0.717) is 24.5 Å². The number of carbonyl (C=O) groups excluding carboxylic acids is 2. The Balaban J connectivity index is 2.25. The van der Waals surface area contributed by atoms with E-state index in [1.165, 1.54) is 7.11 Å². The van der Waals surface area contributed by atoms with E-state index in [-0.39, 0.29) is 12.1 Å². The summed E-state index contributed by atoms with van der Waals surface area (Å²) in [6.45, 7) is 8.61. The molecule has 0 aromatic heterocycles. The monoisotopic (exact) mass is 491 g/mol.